The summed E-state index contributed by atoms with van der Waals surface area (Å²) in [6.07, 6.45) is 0. The number of ether oxygens (including phenoxy) is 1. The number of esters is 1. The van der Waals surface area contributed by atoms with Gasteiger partial charge in [0.1, 0.15) is 0 Å². The summed E-state index contributed by atoms with van der Waals surface area (Å²) in [6.45, 7) is 6.05. The van der Waals surface area contributed by atoms with Crippen molar-refractivity contribution in [2.45, 2.75) is 25.7 Å². The molecule has 0 amide bonds. The van der Waals surface area contributed by atoms with Crippen LogP contribution in [0.15, 0.2) is 23.1 Å². The summed E-state index contributed by atoms with van der Waals surface area (Å²) in [5.41, 5.74) is 5.95. The maximum Gasteiger partial charge on any atom is 0.338 e. The van der Waals surface area contributed by atoms with E-state index in [2.05, 4.69) is 4.74 Å². The summed E-state index contributed by atoms with van der Waals surface area (Å²) in [5, 5.41) is 0. The maximum atomic E-state index is 12.7. The monoisotopic (exact) mass is 328 g/mol. The first-order chi connectivity index (χ1) is 10.1. The lowest BCUT2D eigenvalue weighted by Gasteiger charge is -2.29. The van der Waals surface area contributed by atoms with Gasteiger partial charge in [-0.1, -0.05) is 19.9 Å². The maximum absolute atomic E-state index is 12.7. The Morgan fingerprint density at radius 1 is 1.36 bits per heavy atom. The van der Waals surface area contributed by atoms with E-state index >= 15 is 0 Å². The van der Waals surface area contributed by atoms with E-state index in [1.807, 2.05) is 13.8 Å². The predicted molar refractivity (Wildman–Crippen MR) is 85.2 cm³/mol. The lowest BCUT2D eigenvalue weighted by atomic mass is 9.94. The third kappa shape index (κ3) is 3.85. The Kier molecular flexibility index (Phi) is 5.72. The first-order valence-electron chi connectivity index (χ1n) is 6.91. The van der Waals surface area contributed by atoms with Crippen molar-refractivity contribution in [2.75, 3.05) is 27.2 Å². The molecule has 124 valence electrons. The van der Waals surface area contributed by atoms with Gasteiger partial charge in [-0.25, -0.2) is 17.5 Å². The van der Waals surface area contributed by atoms with Gasteiger partial charge in [0, 0.05) is 13.6 Å². The molecule has 0 saturated heterocycles. The Morgan fingerprint density at radius 3 is 2.45 bits per heavy atom. The molecule has 0 aliphatic carbocycles. The van der Waals surface area contributed by atoms with E-state index < -0.39 is 16.0 Å². The van der Waals surface area contributed by atoms with E-state index in [9.17, 15) is 13.2 Å². The molecule has 0 bridgehead atoms. The van der Waals surface area contributed by atoms with Crippen molar-refractivity contribution in [3.63, 3.8) is 0 Å². The highest BCUT2D eigenvalue weighted by molar-refractivity contribution is 7.89. The molecule has 22 heavy (non-hydrogen) atoms. The second-order valence-corrected chi connectivity index (χ2v) is 8.06. The van der Waals surface area contributed by atoms with Gasteiger partial charge in [0.25, 0.3) is 0 Å². The summed E-state index contributed by atoms with van der Waals surface area (Å²) < 4.78 is 31.4. The van der Waals surface area contributed by atoms with Gasteiger partial charge in [0.05, 0.1) is 17.6 Å². The highest BCUT2D eigenvalue weighted by Gasteiger charge is 2.29. The molecule has 1 aromatic carbocycles. The Bertz CT molecular complexity index is 654. The van der Waals surface area contributed by atoms with E-state index in [-0.39, 0.29) is 22.4 Å². The molecule has 0 fully saturated rings. The third-order valence-electron chi connectivity index (χ3n) is 3.58. The lowest BCUT2D eigenvalue weighted by Crippen LogP contribution is -2.40. The molecular weight excluding hydrogens is 304 g/mol. The third-order valence-corrected chi connectivity index (χ3v) is 5.53. The molecule has 0 aliphatic rings. The van der Waals surface area contributed by atoms with E-state index in [0.717, 1.165) is 0 Å². The smallest absolute Gasteiger partial charge is 0.338 e. The molecule has 1 rings (SSSR count). The van der Waals surface area contributed by atoms with Gasteiger partial charge in [-0.15, -0.1) is 0 Å². The van der Waals surface area contributed by atoms with E-state index in [4.69, 9.17) is 5.73 Å². The van der Waals surface area contributed by atoms with Gasteiger partial charge in [-0.2, -0.15) is 0 Å². The number of benzene rings is 1. The van der Waals surface area contributed by atoms with Crippen LogP contribution in [0.2, 0.25) is 0 Å². The number of hydrogen-bond donors (Lipinski definition) is 1. The molecule has 2 N–H and O–H groups in total. The van der Waals surface area contributed by atoms with Crippen LogP contribution >= 0.6 is 0 Å². The van der Waals surface area contributed by atoms with E-state index in [1.54, 1.807) is 13.0 Å². The zero-order chi connectivity index (χ0) is 17.1. The fraction of sp³-hybridized carbons (Fsp3) is 0.533. The van der Waals surface area contributed by atoms with Crippen LogP contribution in [-0.2, 0) is 14.8 Å². The Balaban J connectivity index is 3.27. The Hall–Kier alpha value is -1.44. The minimum atomic E-state index is -3.71. The average Bonchev–Trinajstić information content (AvgIpc) is 2.46. The molecule has 6 nitrogen and oxygen atoms in total. The normalized spacial score (nSPS) is 12.5. The van der Waals surface area contributed by atoms with Crippen LogP contribution in [-0.4, -0.2) is 45.9 Å². The first-order valence-corrected chi connectivity index (χ1v) is 8.35. The molecule has 0 aliphatic heterocycles. The van der Waals surface area contributed by atoms with Crippen LogP contribution in [0, 0.1) is 12.3 Å². The number of hydrogen-bond acceptors (Lipinski definition) is 5. The number of nitrogens with zero attached hydrogens (tertiary/aromatic N) is 1. The molecule has 7 heteroatoms. The quantitative estimate of drug-likeness (QED) is 0.797. The molecule has 0 atom stereocenters. The summed E-state index contributed by atoms with van der Waals surface area (Å²) in [4.78, 5) is 11.8. The van der Waals surface area contributed by atoms with Gasteiger partial charge < -0.3 is 10.5 Å². The van der Waals surface area contributed by atoms with Gasteiger partial charge in [-0.3, -0.25) is 0 Å². The van der Waals surface area contributed by atoms with Crippen molar-refractivity contribution in [1.82, 2.24) is 4.31 Å². The van der Waals surface area contributed by atoms with Crippen LogP contribution in [0.5, 0.6) is 0 Å². The molecule has 0 unspecified atom stereocenters. The fourth-order valence-electron chi connectivity index (χ4n) is 2.15. The molecule has 0 aromatic heterocycles. The number of carbonyl (C=O) groups is 1. The van der Waals surface area contributed by atoms with E-state index in [1.165, 1.54) is 30.6 Å². The zero-order valence-electron chi connectivity index (χ0n) is 13.7. The SMILES string of the molecule is COC(=O)c1cccc(S(=O)(=O)N(C)CC(C)(C)CN)c1C. The van der Waals surface area contributed by atoms with Gasteiger partial charge >= 0.3 is 5.97 Å². The second-order valence-electron chi connectivity index (χ2n) is 6.05. The summed E-state index contributed by atoms with van der Waals surface area (Å²) >= 11 is 0. The van der Waals surface area contributed by atoms with Crippen LogP contribution in [0.3, 0.4) is 0 Å². The Morgan fingerprint density at radius 2 is 1.95 bits per heavy atom. The highest BCUT2D eigenvalue weighted by atomic mass is 32.2. The first kappa shape index (κ1) is 18.6. The number of rotatable bonds is 6. The summed E-state index contributed by atoms with van der Waals surface area (Å²) in [7, 11) is -0.934. The topological polar surface area (TPSA) is 89.7 Å². The van der Waals surface area contributed by atoms with Crippen molar-refractivity contribution >= 4 is 16.0 Å². The predicted octanol–water partition coefficient (Wildman–Crippen LogP) is 1.39. The molecule has 0 heterocycles. The number of nitrogens with two attached hydrogens (primary N) is 1. The van der Waals surface area contributed by atoms with Crippen LogP contribution in [0.4, 0.5) is 0 Å². The standard InChI is InChI=1S/C15H24N2O4S/c1-11-12(14(18)21-5)7-6-8-13(11)22(19,20)17(4)10-15(2,3)9-16/h6-8H,9-10,16H2,1-5H3. The Labute approximate surface area is 132 Å². The van der Waals surface area contributed by atoms with Crippen molar-refractivity contribution in [1.29, 1.82) is 0 Å². The van der Waals surface area contributed by atoms with Crippen molar-refractivity contribution in [2.24, 2.45) is 11.1 Å². The largest absolute Gasteiger partial charge is 0.465 e. The van der Waals surface area contributed by atoms with Gasteiger partial charge in [0.15, 0.2) is 0 Å². The highest BCUT2D eigenvalue weighted by Crippen LogP contribution is 2.25. The van der Waals surface area contributed by atoms with Gasteiger partial charge in [0.2, 0.25) is 10.0 Å². The van der Waals surface area contributed by atoms with E-state index in [0.29, 0.717) is 12.1 Å². The second kappa shape index (κ2) is 6.76. The molecule has 0 saturated carbocycles. The number of sulfonamides is 1. The molecule has 0 radical (unpaired) electrons. The van der Waals surface area contributed by atoms with Crippen molar-refractivity contribution < 1.29 is 17.9 Å². The van der Waals surface area contributed by atoms with Crippen molar-refractivity contribution in [3.8, 4) is 0 Å². The molecule has 1 aromatic rings. The minimum absolute atomic E-state index is 0.103. The van der Waals surface area contributed by atoms with Gasteiger partial charge in [-0.05, 0) is 36.6 Å². The number of methoxy groups -OCH3 is 1. The lowest BCUT2D eigenvalue weighted by molar-refractivity contribution is 0.0599. The zero-order valence-corrected chi connectivity index (χ0v) is 14.5. The molecular formula is C15H24N2O4S. The van der Waals surface area contributed by atoms with Crippen molar-refractivity contribution in [3.05, 3.63) is 29.3 Å². The number of carbonyl (C=O) groups excluding carboxylic acids is 1. The summed E-state index contributed by atoms with van der Waals surface area (Å²) in [5.74, 6) is -0.556. The average molecular weight is 328 g/mol. The van der Waals surface area contributed by atoms with Crippen LogP contribution in [0.1, 0.15) is 29.8 Å². The minimum Gasteiger partial charge on any atom is -0.465 e. The van der Waals surface area contributed by atoms with Crippen LogP contribution in [0.25, 0.3) is 0 Å². The van der Waals surface area contributed by atoms with Crippen LogP contribution < -0.4 is 5.73 Å². The molecule has 0 spiro atoms. The summed E-state index contributed by atoms with van der Waals surface area (Å²) in [6, 6.07) is 4.57. The fourth-order valence-corrected chi connectivity index (χ4v) is 3.75.